The van der Waals surface area contributed by atoms with Gasteiger partial charge in [-0.05, 0) is 29.7 Å². The maximum Gasteiger partial charge on any atom is 0.280 e. The zero-order chi connectivity index (χ0) is 16.8. The molecule has 1 aliphatic rings. The number of fused-ring (bicyclic) bond motifs is 1. The molecule has 1 unspecified atom stereocenters. The van der Waals surface area contributed by atoms with E-state index in [1.807, 2.05) is 6.92 Å². The van der Waals surface area contributed by atoms with Crippen LogP contribution in [0.5, 0.6) is 0 Å². The number of hydrogen-bond donors (Lipinski definition) is 1. The number of nitrogens with zero attached hydrogens (tertiary/aromatic N) is 3. The lowest BCUT2D eigenvalue weighted by atomic mass is 9.91. The first-order valence-corrected chi connectivity index (χ1v) is 8.67. The molecule has 1 amide bonds. The van der Waals surface area contributed by atoms with Gasteiger partial charge in [-0.25, -0.2) is 4.98 Å². The molecule has 1 aliphatic heterocycles. The molecule has 2 heterocycles. The van der Waals surface area contributed by atoms with Crippen molar-refractivity contribution in [3.63, 3.8) is 0 Å². The van der Waals surface area contributed by atoms with Gasteiger partial charge in [-0.2, -0.15) is 8.42 Å². The number of hydrogen-bond acceptors (Lipinski definition) is 4. The number of carbonyl (C=O) groups excluding carboxylic acids is 1. The normalized spacial score (nSPS) is 18.0. The number of nitrogens with one attached hydrogen (secondary N) is 1. The van der Waals surface area contributed by atoms with Gasteiger partial charge in [-0.3, -0.25) is 9.52 Å². The van der Waals surface area contributed by atoms with Crippen molar-refractivity contribution < 1.29 is 13.2 Å². The molecular weight excluding hydrogens is 316 g/mol. The van der Waals surface area contributed by atoms with E-state index in [-0.39, 0.29) is 16.9 Å². The topological polar surface area (TPSA) is 84.3 Å². The molecular formula is C15H18N4O3S. The largest absolute Gasteiger partial charge is 0.339 e. The lowest BCUT2D eigenvalue weighted by Crippen LogP contribution is -2.32. The monoisotopic (exact) mass is 334 g/mol. The fraction of sp³-hybridized carbons (Fsp3) is 0.333. The molecule has 7 nitrogen and oxygen atoms in total. The molecule has 2 aromatic rings. The zero-order valence-corrected chi connectivity index (χ0v) is 14.0. The van der Waals surface area contributed by atoms with Crippen LogP contribution in [0.15, 0.2) is 35.7 Å². The zero-order valence-electron chi connectivity index (χ0n) is 13.1. The van der Waals surface area contributed by atoms with E-state index in [0.717, 1.165) is 11.3 Å². The third kappa shape index (κ3) is 2.81. The molecule has 0 aliphatic carbocycles. The Bertz CT molecular complexity index is 873. The molecule has 0 fully saturated rings. The maximum absolute atomic E-state index is 12.3. The van der Waals surface area contributed by atoms with E-state index in [1.165, 1.54) is 12.5 Å². The van der Waals surface area contributed by atoms with Gasteiger partial charge < -0.3 is 9.47 Å². The van der Waals surface area contributed by atoms with Crippen LogP contribution in [0.1, 0.15) is 24.8 Å². The number of aromatic nitrogens is 2. The van der Waals surface area contributed by atoms with E-state index in [1.54, 1.807) is 41.8 Å². The van der Waals surface area contributed by atoms with Crippen molar-refractivity contribution in [3.8, 4) is 0 Å². The van der Waals surface area contributed by atoms with Gasteiger partial charge >= 0.3 is 0 Å². The SMILES string of the molecule is CC1CC(=O)N(C)c2ccc(NS(=O)(=O)c3cn(C)cn3)cc21. The summed E-state index contributed by atoms with van der Waals surface area (Å²) in [7, 11) is -0.289. The van der Waals surface area contributed by atoms with Crippen LogP contribution in [0.4, 0.5) is 11.4 Å². The second-order valence-corrected chi connectivity index (χ2v) is 7.44. The summed E-state index contributed by atoms with van der Waals surface area (Å²) in [5.74, 6) is 0.111. The number of sulfonamides is 1. The molecule has 0 bridgehead atoms. The minimum Gasteiger partial charge on any atom is -0.339 e. The minimum absolute atomic E-state index is 0.0296. The van der Waals surface area contributed by atoms with E-state index in [4.69, 9.17) is 0 Å². The first-order chi connectivity index (χ1) is 10.8. The highest BCUT2D eigenvalue weighted by atomic mass is 32.2. The number of carbonyl (C=O) groups is 1. The summed E-state index contributed by atoms with van der Waals surface area (Å²) in [6.45, 7) is 1.96. The first-order valence-electron chi connectivity index (χ1n) is 7.19. The number of imidazole rings is 1. The molecule has 23 heavy (non-hydrogen) atoms. The molecule has 0 spiro atoms. The van der Waals surface area contributed by atoms with Crippen molar-refractivity contribution in [1.29, 1.82) is 0 Å². The van der Waals surface area contributed by atoms with Gasteiger partial charge in [0.1, 0.15) is 0 Å². The highest BCUT2D eigenvalue weighted by Gasteiger charge is 2.27. The Balaban J connectivity index is 1.94. The summed E-state index contributed by atoms with van der Waals surface area (Å²) >= 11 is 0. The smallest absolute Gasteiger partial charge is 0.280 e. The Kier molecular flexibility index (Phi) is 3.63. The number of benzene rings is 1. The van der Waals surface area contributed by atoms with E-state index in [0.29, 0.717) is 12.1 Å². The first kappa shape index (κ1) is 15.5. The van der Waals surface area contributed by atoms with E-state index in [2.05, 4.69) is 9.71 Å². The predicted molar refractivity (Wildman–Crippen MR) is 86.9 cm³/mol. The molecule has 1 N–H and O–H groups in total. The average Bonchev–Trinajstić information content (AvgIpc) is 2.92. The fourth-order valence-electron chi connectivity index (χ4n) is 2.70. The maximum atomic E-state index is 12.3. The van der Waals surface area contributed by atoms with Crippen LogP contribution in [-0.4, -0.2) is 30.9 Å². The van der Waals surface area contributed by atoms with E-state index in [9.17, 15) is 13.2 Å². The molecule has 0 saturated heterocycles. The molecule has 1 atom stereocenters. The van der Waals surface area contributed by atoms with Crippen molar-refractivity contribution in [2.45, 2.75) is 24.3 Å². The Hall–Kier alpha value is -2.35. The predicted octanol–water partition coefficient (Wildman–Crippen LogP) is 1.69. The molecule has 8 heteroatoms. The van der Waals surface area contributed by atoms with Gasteiger partial charge in [0.2, 0.25) is 5.91 Å². The van der Waals surface area contributed by atoms with Crippen molar-refractivity contribution in [2.75, 3.05) is 16.7 Å². The summed E-state index contributed by atoms with van der Waals surface area (Å²) in [5, 5.41) is -0.0296. The van der Waals surface area contributed by atoms with Crippen molar-refractivity contribution in [1.82, 2.24) is 9.55 Å². The summed E-state index contributed by atoms with van der Waals surface area (Å²) < 4.78 is 28.8. The van der Waals surface area contributed by atoms with E-state index < -0.39 is 10.0 Å². The van der Waals surface area contributed by atoms with Crippen LogP contribution in [-0.2, 0) is 21.9 Å². The van der Waals surface area contributed by atoms with Gasteiger partial charge in [-0.15, -0.1) is 0 Å². The van der Waals surface area contributed by atoms with Gasteiger partial charge in [0, 0.05) is 38.1 Å². The lowest BCUT2D eigenvalue weighted by Gasteiger charge is -2.30. The third-order valence-corrected chi connectivity index (χ3v) is 5.25. The number of rotatable bonds is 3. The molecule has 122 valence electrons. The van der Waals surface area contributed by atoms with E-state index >= 15 is 0 Å². The van der Waals surface area contributed by atoms with Crippen LogP contribution < -0.4 is 9.62 Å². The van der Waals surface area contributed by atoms with Crippen molar-refractivity contribution >= 4 is 27.3 Å². The fourth-order valence-corrected chi connectivity index (χ4v) is 3.73. The Morgan fingerprint density at radius 1 is 1.30 bits per heavy atom. The average molecular weight is 334 g/mol. The second-order valence-electron chi connectivity index (χ2n) is 5.81. The second kappa shape index (κ2) is 5.38. The highest BCUT2D eigenvalue weighted by molar-refractivity contribution is 7.92. The van der Waals surface area contributed by atoms with Crippen LogP contribution in [0.25, 0.3) is 0 Å². The van der Waals surface area contributed by atoms with Crippen LogP contribution in [0.3, 0.4) is 0 Å². The Labute approximate surface area is 135 Å². The molecule has 0 saturated carbocycles. The van der Waals surface area contributed by atoms with Gasteiger partial charge in [0.25, 0.3) is 10.0 Å². The van der Waals surface area contributed by atoms with Gasteiger partial charge in [0.05, 0.1) is 6.33 Å². The summed E-state index contributed by atoms with van der Waals surface area (Å²) in [6, 6.07) is 5.20. The van der Waals surface area contributed by atoms with Crippen LogP contribution in [0.2, 0.25) is 0 Å². The van der Waals surface area contributed by atoms with Gasteiger partial charge in [-0.1, -0.05) is 6.92 Å². The number of amides is 1. The molecule has 1 aromatic carbocycles. The highest BCUT2D eigenvalue weighted by Crippen LogP contribution is 2.36. The van der Waals surface area contributed by atoms with Gasteiger partial charge in [0.15, 0.2) is 5.03 Å². The molecule has 1 aromatic heterocycles. The summed E-state index contributed by atoms with van der Waals surface area (Å²) in [6.07, 6.45) is 3.29. The number of aryl methyl sites for hydroxylation is 1. The van der Waals surface area contributed by atoms with Crippen molar-refractivity contribution in [3.05, 3.63) is 36.3 Å². The van der Waals surface area contributed by atoms with Crippen molar-refractivity contribution in [2.24, 2.45) is 7.05 Å². The lowest BCUT2D eigenvalue weighted by molar-refractivity contribution is -0.119. The Morgan fingerprint density at radius 3 is 2.70 bits per heavy atom. The minimum atomic E-state index is -3.72. The summed E-state index contributed by atoms with van der Waals surface area (Å²) in [5.41, 5.74) is 2.23. The standard InChI is InChI=1S/C15H18N4O3S/c1-10-6-15(20)19(3)13-5-4-11(7-12(10)13)17-23(21,22)14-8-18(2)9-16-14/h4-5,7-10,17H,6H2,1-3H3. The third-order valence-electron chi connectivity index (χ3n) is 3.98. The molecule has 3 rings (SSSR count). The van der Waals surface area contributed by atoms with Crippen LogP contribution in [0, 0.1) is 0 Å². The Morgan fingerprint density at radius 2 is 2.04 bits per heavy atom. The molecule has 0 radical (unpaired) electrons. The van der Waals surface area contributed by atoms with Crippen LogP contribution >= 0.6 is 0 Å². The summed E-state index contributed by atoms with van der Waals surface area (Å²) in [4.78, 5) is 17.3. The number of anilines is 2. The quantitative estimate of drug-likeness (QED) is 0.926.